The Balaban J connectivity index is 1.99. The van der Waals surface area contributed by atoms with Gasteiger partial charge < -0.3 is 4.74 Å². The number of nitrogens with zero attached hydrogens (tertiary/aromatic N) is 2. The van der Waals surface area contributed by atoms with Crippen LogP contribution in [0.2, 0.25) is 0 Å². The van der Waals surface area contributed by atoms with E-state index in [0.29, 0.717) is 12.6 Å². The van der Waals surface area contributed by atoms with Gasteiger partial charge in [0.05, 0.1) is 5.69 Å². The summed E-state index contributed by atoms with van der Waals surface area (Å²) in [6.07, 6.45) is 1.72. The molecule has 0 N–H and O–H groups in total. The molecule has 0 spiro atoms. The van der Waals surface area contributed by atoms with E-state index in [9.17, 15) is 0 Å². The number of benzene rings is 1. The van der Waals surface area contributed by atoms with Gasteiger partial charge >= 0.3 is 6.01 Å². The average molecular weight is 326 g/mol. The summed E-state index contributed by atoms with van der Waals surface area (Å²) >= 11 is 2.26. The topological polar surface area (TPSA) is 35.0 Å². The third kappa shape index (κ3) is 3.16. The lowest BCUT2D eigenvalue weighted by atomic mass is 10.2. The second kappa shape index (κ2) is 5.79. The first kappa shape index (κ1) is 11.3. The van der Waals surface area contributed by atoms with Crippen LogP contribution in [0.5, 0.6) is 6.01 Å². The lowest BCUT2D eigenvalue weighted by Crippen LogP contribution is -2.00. The van der Waals surface area contributed by atoms with Gasteiger partial charge in [-0.15, -0.1) is 0 Å². The molecule has 0 aliphatic carbocycles. The summed E-state index contributed by atoms with van der Waals surface area (Å²) in [6.45, 7) is 0.505. The van der Waals surface area contributed by atoms with Crippen molar-refractivity contribution in [2.75, 3.05) is 0 Å². The highest BCUT2D eigenvalue weighted by atomic mass is 127. The monoisotopic (exact) mass is 326 g/mol. The van der Waals surface area contributed by atoms with Gasteiger partial charge in [-0.1, -0.05) is 52.9 Å². The summed E-state index contributed by atoms with van der Waals surface area (Å²) in [5, 5.41) is 0. The van der Waals surface area contributed by atoms with Crippen LogP contribution < -0.4 is 4.74 Å². The minimum atomic E-state index is 0.443. The lowest BCUT2D eigenvalue weighted by molar-refractivity contribution is 0.280. The Morgan fingerprint density at radius 3 is 2.69 bits per heavy atom. The normalized spacial score (nSPS) is 10.1. The highest BCUT2D eigenvalue weighted by molar-refractivity contribution is 14.1. The van der Waals surface area contributed by atoms with Gasteiger partial charge in [0.15, 0.2) is 0 Å². The predicted octanol–water partition coefficient (Wildman–Crippen LogP) is 2.99. The molecule has 1 heterocycles. The smallest absolute Gasteiger partial charge is 0.316 e. The Labute approximate surface area is 108 Å². The van der Waals surface area contributed by atoms with Crippen LogP contribution in [-0.4, -0.2) is 9.97 Å². The van der Waals surface area contributed by atoms with E-state index in [-0.39, 0.29) is 0 Å². The third-order valence-electron chi connectivity index (χ3n) is 2.04. The molecular formula is C12H11IN2O. The number of alkyl halides is 1. The third-order valence-corrected chi connectivity index (χ3v) is 2.82. The Hall–Kier alpha value is -1.17. The molecule has 0 atom stereocenters. The van der Waals surface area contributed by atoms with Gasteiger partial charge in [-0.05, 0) is 11.6 Å². The van der Waals surface area contributed by atoms with Gasteiger partial charge in [0.2, 0.25) is 0 Å². The number of hydrogen-bond acceptors (Lipinski definition) is 3. The summed E-state index contributed by atoms with van der Waals surface area (Å²) in [6, 6.07) is 12.3. The summed E-state index contributed by atoms with van der Waals surface area (Å²) in [5.41, 5.74) is 2.10. The van der Waals surface area contributed by atoms with E-state index in [2.05, 4.69) is 32.6 Å². The van der Waals surface area contributed by atoms with Crippen molar-refractivity contribution in [3.8, 4) is 6.01 Å². The zero-order valence-corrected chi connectivity index (χ0v) is 10.8. The first-order valence-electron chi connectivity index (χ1n) is 4.93. The molecule has 4 heteroatoms. The zero-order valence-electron chi connectivity index (χ0n) is 8.64. The maximum Gasteiger partial charge on any atom is 0.316 e. The Morgan fingerprint density at radius 1 is 1.12 bits per heavy atom. The largest absolute Gasteiger partial charge is 0.459 e. The molecule has 2 rings (SSSR count). The standard InChI is InChI=1S/C12H11IN2O/c13-8-11-6-7-14-12(15-11)16-9-10-4-2-1-3-5-10/h1-7H,8-9H2. The van der Waals surface area contributed by atoms with E-state index in [1.807, 2.05) is 36.4 Å². The fourth-order valence-corrected chi connectivity index (χ4v) is 1.67. The van der Waals surface area contributed by atoms with Crippen molar-refractivity contribution >= 4 is 22.6 Å². The number of hydrogen-bond donors (Lipinski definition) is 0. The summed E-state index contributed by atoms with van der Waals surface area (Å²) in [7, 11) is 0. The van der Waals surface area contributed by atoms with Gasteiger partial charge in [-0.3, -0.25) is 0 Å². The van der Waals surface area contributed by atoms with Crippen molar-refractivity contribution in [2.24, 2.45) is 0 Å². The lowest BCUT2D eigenvalue weighted by Gasteiger charge is -2.04. The highest BCUT2D eigenvalue weighted by Crippen LogP contribution is 2.09. The molecule has 2 aromatic rings. The van der Waals surface area contributed by atoms with E-state index >= 15 is 0 Å². The summed E-state index contributed by atoms with van der Waals surface area (Å²) in [4.78, 5) is 8.33. The maximum atomic E-state index is 5.51. The van der Waals surface area contributed by atoms with Crippen LogP contribution in [0.1, 0.15) is 11.3 Å². The van der Waals surface area contributed by atoms with Crippen LogP contribution in [0.15, 0.2) is 42.6 Å². The Kier molecular flexibility index (Phi) is 4.10. The number of aromatic nitrogens is 2. The fourth-order valence-electron chi connectivity index (χ4n) is 1.24. The fraction of sp³-hybridized carbons (Fsp3) is 0.167. The predicted molar refractivity (Wildman–Crippen MR) is 70.5 cm³/mol. The van der Waals surface area contributed by atoms with Crippen LogP contribution in [-0.2, 0) is 11.0 Å². The summed E-state index contributed by atoms with van der Waals surface area (Å²) < 4.78 is 6.37. The number of halogens is 1. The Bertz CT molecular complexity index is 448. The van der Waals surface area contributed by atoms with Gasteiger partial charge in [0, 0.05) is 10.6 Å². The minimum absolute atomic E-state index is 0.443. The van der Waals surface area contributed by atoms with Crippen LogP contribution in [0, 0.1) is 0 Å². The second-order valence-corrected chi connectivity index (χ2v) is 4.00. The van der Waals surface area contributed by atoms with Crippen molar-refractivity contribution in [1.29, 1.82) is 0 Å². The molecule has 82 valence electrons. The molecule has 3 nitrogen and oxygen atoms in total. The Morgan fingerprint density at radius 2 is 1.94 bits per heavy atom. The van der Waals surface area contributed by atoms with Gasteiger partial charge in [0.25, 0.3) is 0 Å². The van der Waals surface area contributed by atoms with Gasteiger partial charge in [-0.25, -0.2) is 4.98 Å². The second-order valence-electron chi connectivity index (χ2n) is 3.24. The molecule has 0 saturated heterocycles. The van der Waals surface area contributed by atoms with Crippen LogP contribution in [0.25, 0.3) is 0 Å². The van der Waals surface area contributed by atoms with Crippen LogP contribution in [0.3, 0.4) is 0 Å². The molecule has 0 aliphatic rings. The van der Waals surface area contributed by atoms with Crippen LogP contribution >= 0.6 is 22.6 Å². The molecule has 0 saturated carbocycles. The molecule has 1 aromatic heterocycles. The van der Waals surface area contributed by atoms with Crippen molar-refractivity contribution in [3.63, 3.8) is 0 Å². The maximum absolute atomic E-state index is 5.51. The van der Waals surface area contributed by atoms with Crippen molar-refractivity contribution in [1.82, 2.24) is 9.97 Å². The molecule has 0 fully saturated rings. The van der Waals surface area contributed by atoms with Crippen LogP contribution in [0.4, 0.5) is 0 Å². The molecule has 16 heavy (non-hydrogen) atoms. The SMILES string of the molecule is ICc1ccnc(OCc2ccccc2)n1. The van der Waals surface area contributed by atoms with Crippen molar-refractivity contribution < 1.29 is 4.74 Å². The van der Waals surface area contributed by atoms with E-state index in [1.165, 1.54) is 0 Å². The van der Waals surface area contributed by atoms with Gasteiger partial charge in [-0.2, -0.15) is 4.98 Å². The zero-order chi connectivity index (χ0) is 11.2. The molecule has 0 amide bonds. The number of ether oxygens (including phenoxy) is 1. The molecular weight excluding hydrogens is 315 g/mol. The highest BCUT2D eigenvalue weighted by Gasteiger charge is 1.99. The molecule has 1 aromatic carbocycles. The van der Waals surface area contributed by atoms with E-state index in [4.69, 9.17) is 4.74 Å². The first-order chi connectivity index (χ1) is 7.88. The van der Waals surface area contributed by atoms with E-state index in [0.717, 1.165) is 15.7 Å². The van der Waals surface area contributed by atoms with Gasteiger partial charge in [0.1, 0.15) is 6.61 Å². The summed E-state index contributed by atoms with van der Waals surface area (Å²) in [5.74, 6) is 0. The quantitative estimate of drug-likeness (QED) is 0.640. The number of rotatable bonds is 4. The average Bonchev–Trinajstić information content (AvgIpc) is 2.38. The molecule has 0 bridgehead atoms. The molecule has 0 aliphatic heterocycles. The molecule has 0 radical (unpaired) electrons. The van der Waals surface area contributed by atoms with E-state index < -0.39 is 0 Å². The molecule has 0 unspecified atom stereocenters. The first-order valence-corrected chi connectivity index (χ1v) is 6.45. The van der Waals surface area contributed by atoms with Crippen molar-refractivity contribution in [3.05, 3.63) is 53.9 Å². The van der Waals surface area contributed by atoms with Crippen molar-refractivity contribution in [2.45, 2.75) is 11.0 Å². The minimum Gasteiger partial charge on any atom is -0.459 e. The van der Waals surface area contributed by atoms with E-state index in [1.54, 1.807) is 6.20 Å².